The average molecular weight is 415 g/mol. The molecular formula is C21H19ClN2O5. The summed E-state index contributed by atoms with van der Waals surface area (Å²) in [5.41, 5.74) is 0.919. The van der Waals surface area contributed by atoms with Gasteiger partial charge in [0.25, 0.3) is 5.91 Å². The molecule has 0 saturated heterocycles. The van der Waals surface area contributed by atoms with Crippen LogP contribution in [0, 0.1) is 11.3 Å². The van der Waals surface area contributed by atoms with Gasteiger partial charge in [0.15, 0.2) is 18.1 Å². The number of esters is 1. The predicted octanol–water partition coefficient (Wildman–Crippen LogP) is 3.84. The van der Waals surface area contributed by atoms with Crippen LogP contribution in [-0.2, 0) is 14.3 Å². The number of nitrogens with one attached hydrogen (secondary N) is 1. The fraction of sp³-hybridized carbons (Fsp3) is 0.190. The highest BCUT2D eigenvalue weighted by molar-refractivity contribution is 6.30. The molecule has 0 aliphatic carbocycles. The molecule has 8 heteroatoms. The number of nitriles is 1. The normalized spacial score (nSPS) is 10.6. The van der Waals surface area contributed by atoms with Gasteiger partial charge in [-0.1, -0.05) is 17.7 Å². The van der Waals surface area contributed by atoms with Crippen LogP contribution in [0.5, 0.6) is 11.5 Å². The van der Waals surface area contributed by atoms with Gasteiger partial charge in [-0.15, -0.1) is 0 Å². The summed E-state index contributed by atoms with van der Waals surface area (Å²) in [4.78, 5) is 23.9. The highest BCUT2D eigenvalue weighted by Gasteiger charge is 2.12. The van der Waals surface area contributed by atoms with E-state index >= 15 is 0 Å². The second-order valence-corrected chi connectivity index (χ2v) is 6.07. The summed E-state index contributed by atoms with van der Waals surface area (Å²) < 4.78 is 15.5. The Labute approximate surface area is 173 Å². The molecule has 2 rings (SSSR count). The summed E-state index contributed by atoms with van der Waals surface area (Å²) in [6.07, 6.45) is 1.40. The first-order valence-electron chi connectivity index (χ1n) is 8.62. The van der Waals surface area contributed by atoms with Gasteiger partial charge in [0, 0.05) is 10.7 Å². The zero-order valence-corrected chi connectivity index (χ0v) is 16.7. The molecule has 0 spiro atoms. The van der Waals surface area contributed by atoms with Crippen molar-refractivity contribution in [2.45, 2.75) is 6.92 Å². The molecule has 0 aromatic heterocycles. The Morgan fingerprint density at radius 1 is 1.17 bits per heavy atom. The summed E-state index contributed by atoms with van der Waals surface area (Å²) in [6.45, 7) is 1.65. The lowest BCUT2D eigenvalue weighted by Gasteiger charge is -2.11. The van der Waals surface area contributed by atoms with Crippen LogP contribution in [0.15, 0.2) is 48.0 Å². The van der Waals surface area contributed by atoms with Gasteiger partial charge >= 0.3 is 5.97 Å². The van der Waals surface area contributed by atoms with Gasteiger partial charge in [-0.05, 0) is 55.0 Å². The van der Waals surface area contributed by atoms with Gasteiger partial charge in [-0.3, -0.25) is 4.79 Å². The number of anilines is 1. The third-order valence-corrected chi connectivity index (χ3v) is 3.87. The molecular weight excluding hydrogens is 396 g/mol. The Kier molecular flexibility index (Phi) is 8.07. The Morgan fingerprint density at radius 3 is 2.52 bits per heavy atom. The van der Waals surface area contributed by atoms with Crippen LogP contribution < -0.4 is 14.8 Å². The number of hydrogen-bond acceptors (Lipinski definition) is 6. The quantitative estimate of drug-likeness (QED) is 0.400. The Bertz CT molecular complexity index is 949. The number of hydrogen-bond donors (Lipinski definition) is 1. The second kappa shape index (κ2) is 10.7. The lowest BCUT2D eigenvalue weighted by Crippen LogP contribution is -2.15. The number of carbonyl (C=O) groups excluding carboxylic acids is 2. The minimum Gasteiger partial charge on any atom is -0.493 e. The van der Waals surface area contributed by atoms with Crippen LogP contribution in [0.1, 0.15) is 12.5 Å². The van der Waals surface area contributed by atoms with Crippen LogP contribution in [-0.4, -0.2) is 32.2 Å². The van der Waals surface area contributed by atoms with E-state index in [1.54, 1.807) is 49.4 Å². The zero-order valence-electron chi connectivity index (χ0n) is 15.9. The standard InChI is InChI=1S/C21H19ClN2O5/c1-3-28-20(25)13-29-19-11-14(4-9-18(19)27-2)10-15(12-23)21(26)24-17-7-5-16(22)6-8-17/h4-11H,3,13H2,1-2H3,(H,24,26)/b15-10-. The first-order valence-corrected chi connectivity index (χ1v) is 8.99. The van der Waals surface area contributed by atoms with Crippen molar-refractivity contribution >= 4 is 35.2 Å². The van der Waals surface area contributed by atoms with E-state index in [-0.39, 0.29) is 24.5 Å². The van der Waals surface area contributed by atoms with Crippen molar-refractivity contribution in [3.05, 3.63) is 58.6 Å². The molecule has 0 aliphatic heterocycles. The molecule has 0 saturated carbocycles. The molecule has 2 aromatic rings. The van der Waals surface area contributed by atoms with Gasteiger partial charge in [-0.25, -0.2) is 4.79 Å². The van der Waals surface area contributed by atoms with Crippen molar-refractivity contribution in [1.82, 2.24) is 0 Å². The fourth-order valence-corrected chi connectivity index (χ4v) is 2.41. The van der Waals surface area contributed by atoms with E-state index in [4.69, 9.17) is 25.8 Å². The van der Waals surface area contributed by atoms with Gasteiger partial charge in [0.05, 0.1) is 13.7 Å². The minimum absolute atomic E-state index is 0.110. The molecule has 0 bridgehead atoms. The summed E-state index contributed by atoms with van der Waals surface area (Å²) in [7, 11) is 1.46. The number of carbonyl (C=O) groups is 2. The smallest absolute Gasteiger partial charge is 0.344 e. The van der Waals surface area contributed by atoms with E-state index in [9.17, 15) is 14.9 Å². The third kappa shape index (κ3) is 6.55. The molecule has 0 atom stereocenters. The Morgan fingerprint density at radius 2 is 1.90 bits per heavy atom. The first kappa shape index (κ1) is 21.8. The Hall–Kier alpha value is -3.50. The van der Waals surface area contributed by atoms with Crippen LogP contribution in [0.4, 0.5) is 5.69 Å². The molecule has 7 nitrogen and oxygen atoms in total. The molecule has 1 N–H and O–H groups in total. The molecule has 0 fully saturated rings. The van der Waals surface area contributed by atoms with E-state index in [0.29, 0.717) is 22.0 Å². The molecule has 2 aromatic carbocycles. The molecule has 0 radical (unpaired) electrons. The number of methoxy groups -OCH3 is 1. The van der Waals surface area contributed by atoms with Crippen LogP contribution in [0.2, 0.25) is 5.02 Å². The predicted molar refractivity (Wildman–Crippen MR) is 109 cm³/mol. The van der Waals surface area contributed by atoms with Crippen molar-refractivity contribution < 1.29 is 23.8 Å². The number of nitrogens with zero attached hydrogens (tertiary/aromatic N) is 1. The van der Waals surface area contributed by atoms with E-state index in [2.05, 4.69) is 5.32 Å². The molecule has 0 aliphatic rings. The maximum absolute atomic E-state index is 12.4. The van der Waals surface area contributed by atoms with Crippen molar-refractivity contribution in [3.8, 4) is 17.6 Å². The lowest BCUT2D eigenvalue weighted by molar-refractivity contribution is -0.145. The zero-order chi connectivity index (χ0) is 21.2. The fourth-order valence-electron chi connectivity index (χ4n) is 2.28. The highest BCUT2D eigenvalue weighted by Crippen LogP contribution is 2.29. The van der Waals surface area contributed by atoms with E-state index in [1.807, 2.05) is 6.07 Å². The molecule has 150 valence electrons. The summed E-state index contributed by atoms with van der Waals surface area (Å²) in [5.74, 6) is -0.407. The molecule has 0 heterocycles. The number of ether oxygens (including phenoxy) is 3. The second-order valence-electron chi connectivity index (χ2n) is 5.63. The maximum Gasteiger partial charge on any atom is 0.344 e. The molecule has 29 heavy (non-hydrogen) atoms. The Balaban J connectivity index is 2.19. The van der Waals surface area contributed by atoms with E-state index in [0.717, 1.165) is 0 Å². The number of benzene rings is 2. The largest absolute Gasteiger partial charge is 0.493 e. The van der Waals surface area contributed by atoms with Crippen molar-refractivity contribution in [1.29, 1.82) is 5.26 Å². The van der Waals surface area contributed by atoms with Crippen LogP contribution in [0.25, 0.3) is 6.08 Å². The monoisotopic (exact) mass is 414 g/mol. The van der Waals surface area contributed by atoms with E-state index < -0.39 is 11.9 Å². The number of amides is 1. The summed E-state index contributed by atoms with van der Waals surface area (Å²) in [5, 5.41) is 12.5. The number of rotatable bonds is 8. The summed E-state index contributed by atoms with van der Waals surface area (Å²) in [6, 6.07) is 13.2. The first-order chi connectivity index (χ1) is 14.0. The lowest BCUT2D eigenvalue weighted by atomic mass is 10.1. The van der Waals surface area contributed by atoms with Crippen LogP contribution >= 0.6 is 11.6 Å². The van der Waals surface area contributed by atoms with Crippen molar-refractivity contribution in [2.75, 3.05) is 25.6 Å². The molecule has 1 amide bonds. The van der Waals surface area contributed by atoms with E-state index in [1.165, 1.54) is 13.2 Å². The van der Waals surface area contributed by atoms with Crippen LogP contribution in [0.3, 0.4) is 0 Å². The highest BCUT2D eigenvalue weighted by atomic mass is 35.5. The van der Waals surface area contributed by atoms with Crippen molar-refractivity contribution in [2.24, 2.45) is 0 Å². The van der Waals surface area contributed by atoms with Gasteiger partial charge < -0.3 is 19.5 Å². The van der Waals surface area contributed by atoms with Crippen molar-refractivity contribution in [3.63, 3.8) is 0 Å². The molecule has 0 unspecified atom stereocenters. The number of halogens is 1. The average Bonchev–Trinajstić information content (AvgIpc) is 2.72. The van der Waals surface area contributed by atoms with Gasteiger partial charge in [0.2, 0.25) is 0 Å². The topological polar surface area (TPSA) is 97.7 Å². The van der Waals surface area contributed by atoms with Gasteiger partial charge in [0.1, 0.15) is 11.6 Å². The maximum atomic E-state index is 12.4. The third-order valence-electron chi connectivity index (χ3n) is 3.62. The minimum atomic E-state index is -0.570. The SMILES string of the molecule is CCOC(=O)COc1cc(/C=C(/C#N)C(=O)Nc2ccc(Cl)cc2)ccc1OC. The summed E-state index contributed by atoms with van der Waals surface area (Å²) >= 11 is 5.82. The van der Waals surface area contributed by atoms with Gasteiger partial charge in [-0.2, -0.15) is 5.26 Å².